The Labute approximate surface area is 126 Å². The van der Waals surface area contributed by atoms with Crippen molar-refractivity contribution in [2.45, 2.75) is 45.1 Å². The Bertz CT molecular complexity index is 655. The molecule has 2 atom stereocenters. The maximum absolute atomic E-state index is 13.0. The van der Waals surface area contributed by atoms with E-state index < -0.39 is 10.0 Å². The maximum atomic E-state index is 13.0. The van der Waals surface area contributed by atoms with Gasteiger partial charge in [-0.1, -0.05) is 13.0 Å². The summed E-state index contributed by atoms with van der Waals surface area (Å²) in [5, 5.41) is 9.52. The smallest absolute Gasteiger partial charge is 0.244 e. The Kier molecular flexibility index (Phi) is 4.33. The molecule has 0 spiro atoms. The van der Waals surface area contributed by atoms with Crippen molar-refractivity contribution >= 4 is 15.7 Å². The third-order valence-electron chi connectivity index (χ3n) is 4.55. The van der Waals surface area contributed by atoms with Crippen LogP contribution in [0.25, 0.3) is 0 Å². The van der Waals surface area contributed by atoms with Crippen molar-refractivity contribution in [1.82, 2.24) is 4.31 Å². The van der Waals surface area contributed by atoms with Crippen molar-refractivity contribution in [3.63, 3.8) is 0 Å². The molecule has 118 valence electrons. The van der Waals surface area contributed by atoms with Gasteiger partial charge >= 0.3 is 0 Å². The predicted molar refractivity (Wildman–Crippen MR) is 83.6 cm³/mol. The van der Waals surface area contributed by atoms with Crippen molar-refractivity contribution < 1.29 is 13.5 Å². The fraction of sp³-hybridized carbons (Fsp3) is 0.600. The van der Waals surface area contributed by atoms with E-state index in [1.54, 1.807) is 13.8 Å². The molecule has 0 saturated carbocycles. The molecule has 2 unspecified atom stereocenters. The molecular formula is C15H24N2O3S. The van der Waals surface area contributed by atoms with Crippen LogP contribution in [0.2, 0.25) is 0 Å². The average molecular weight is 312 g/mol. The van der Waals surface area contributed by atoms with Crippen LogP contribution in [0.3, 0.4) is 0 Å². The predicted octanol–water partition coefficient (Wildman–Crippen LogP) is 1.59. The number of sulfonamides is 1. The summed E-state index contributed by atoms with van der Waals surface area (Å²) in [6, 6.07) is 1.46. The highest BCUT2D eigenvalue weighted by Gasteiger charge is 2.40. The van der Waals surface area contributed by atoms with E-state index in [4.69, 9.17) is 5.73 Å². The molecular weight excluding hydrogens is 288 g/mol. The first-order valence-electron chi connectivity index (χ1n) is 7.20. The molecule has 3 N–H and O–H groups in total. The lowest BCUT2D eigenvalue weighted by molar-refractivity contribution is 0.191. The number of aliphatic hydroxyl groups excluding tert-OH is 1. The molecule has 1 aliphatic heterocycles. The first-order valence-corrected chi connectivity index (χ1v) is 8.64. The van der Waals surface area contributed by atoms with Crippen LogP contribution in [-0.4, -0.2) is 37.0 Å². The van der Waals surface area contributed by atoms with Gasteiger partial charge in [-0.3, -0.25) is 0 Å². The van der Waals surface area contributed by atoms with Gasteiger partial charge < -0.3 is 10.8 Å². The van der Waals surface area contributed by atoms with Crippen molar-refractivity contribution in [3.05, 3.63) is 22.8 Å². The molecule has 1 heterocycles. The van der Waals surface area contributed by atoms with Crippen LogP contribution in [0, 0.1) is 26.7 Å². The van der Waals surface area contributed by atoms with Crippen LogP contribution in [0.4, 0.5) is 5.69 Å². The van der Waals surface area contributed by atoms with Crippen LogP contribution in [0.5, 0.6) is 0 Å². The van der Waals surface area contributed by atoms with Gasteiger partial charge in [0.1, 0.15) is 0 Å². The van der Waals surface area contributed by atoms with E-state index in [0.29, 0.717) is 23.4 Å². The Balaban J connectivity index is 2.58. The Morgan fingerprint density at radius 3 is 2.52 bits per heavy atom. The molecule has 0 aliphatic carbocycles. The molecule has 1 aliphatic rings. The Morgan fingerprint density at radius 1 is 1.33 bits per heavy atom. The summed E-state index contributed by atoms with van der Waals surface area (Å²) in [6.45, 7) is 7.68. The van der Waals surface area contributed by atoms with Gasteiger partial charge in [0, 0.05) is 12.2 Å². The number of nitrogens with zero attached hydrogens (tertiary/aromatic N) is 1. The van der Waals surface area contributed by atoms with Crippen molar-refractivity contribution in [2.24, 2.45) is 5.92 Å². The minimum atomic E-state index is -3.64. The van der Waals surface area contributed by atoms with E-state index in [0.717, 1.165) is 12.0 Å². The van der Waals surface area contributed by atoms with Crippen LogP contribution in [0.1, 0.15) is 30.0 Å². The Morgan fingerprint density at radius 2 is 1.95 bits per heavy atom. The molecule has 21 heavy (non-hydrogen) atoms. The summed E-state index contributed by atoms with van der Waals surface area (Å²) < 4.78 is 27.5. The number of aliphatic hydroxyl groups is 1. The van der Waals surface area contributed by atoms with E-state index in [1.807, 2.05) is 19.9 Å². The van der Waals surface area contributed by atoms with Gasteiger partial charge in [0.15, 0.2) is 0 Å². The zero-order chi connectivity index (χ0) is 15.9. The summed E-state index contributed by atoms with van der Waals surface area (Å²) in [7, 11) is -3.64. The second kappa shape index (κ2) is 5.59. The van der Waals surface area contributed by atoms with E-state index in [9.17, 15) is 13.5 Å². The monoisotopic (exact) mass is 312 g/mol. The Hall–Kier alpha value is -1.11. The van der Waals surface area contributed by atoms with Gasteiger partial charge in [0.2, 0.25) is 10.0 Å². The van der Waals surface area contributed by atoms with Crippen LogP contribution >= 0.6 is 0 Å². The molecule has 0 aromatic heterocycles. The van der Waals surface area contributed by atoms with Gasteiger partial charge in [-0.15, -0.1) is 0 Å². The molecule has 0 bridgehead atoms. The number of rotatable bonds is 3. The molecule has 0 amide bonds. The number of benzene rings is 1. The molecule has 2 rings (SSSR count). The number of nitrogens with two attached hydrogens (primary N) is 1. The zero-order valence-corrected chi connectivity index (χ0v) is 13.9. The normalized spacial score (nSPS) is 23.7. The summed E-state index contributed by atoms with van der Waals surface area (Å²) in [4.78, 5) is 0.290. The van der Waals surface area contributed by atoms with Crippen LogP contribution in [-0.2, 0) is 10.0 Å². The van der Waals surface area contributed by atoms with Crippen LogP contribution < -0.4 is 5.73 Å². The molecule has 5 nitrogen and oxygen atoms in total. The summed E-state index contributed by atoms with van der Waals surface area (Å²) in [5.41, 5.74) is 8.72. The standard InChI is InChI=1S/C15H24N2O3S/c1-9-5-6-17(13(9)8-18)21(19,20)15-11(3)7-10(2)14(16)12(15)4/h7,9,13,18H,5-6,8,16H2,1-4H3. The van der Waals surface area contributed by atoms with Crippen molar-refractivity contribution in [2.75, 3.05) is 18.9 Å². The molecule has 1 fully saturated rings. The van der Waals surface area contributed by atoms with Gasteiger partial charge in [-0.05, 0) is 49.8 Å². The first-order chi connectivity index (χ1) is 9.71. The highest BCUT2D eigenvalue weighted by atomic mass is 32.2. The average Bonchev–Trinajstić information content (AvgIpc) is 2.77. The highest BCUT2D eigenvalue weighted by molar-refractivity contribution is 7.89. The molecule has 1 aromatic rings. The van der Waals surface area contributed by atoms with Gasteiger partial charge in [0.25, 0.3) is 0 Å². The van der Waals surface area contributed by atoms with Crippen LogP contribution in [0.15, 0.2) is 11.0 Å². The van der Waals surface area contributed by atoms with E-state index in [1.165, 1.54) is 4.31 Å². The van der Waals surface area contributed by atoms with E-state index in [-0.39, 0.29) is 23.5 Å². The summed E-state index contributed by atoms with van der Waals surface area (Å²) in [6.07, 6.45) is 0.768. The number of aryl methyl sites for hydroxylation is 2. The van der Waals surface area contributed by atoms with Crippen molar-refractivity contribution in [3.8, 4) is 0 Å². The van der Waals surface area contributed by atoms with E-state index in [2.05, 4.69) is 0 Å². The quantitative estimate of drug-likeness (QED) is 0.830. The minimum absolute atomic E-state index is 0.153. The third-order valence-corrected chi connectivity index (χ3v) is 6.76. The largest absolute Gasteiger partial charge is 0.398 e. The highest BCUT2D eigenvalue weighted by Crippen LogP contribution is 2.35. The zero-order valence-electron chi connectivity index (χ0n) is 13.0. The number of anilines is 1. The molecule has 0 radical (unpaired) electrons. The fourth-order valence-electron chi connectivity index (χ4n) is 3.24. The lowest BCUT2D eigenvalue weighted by Crippen LogP contribution is -2.40. The van der Waals surface area contributed by atoms with Crippen molar-refractivity contribution in [1.29, 1.82) is 0 Å². The second-order valence-corrected chi connectivity index (χ2v) is 7.84. The molecule has 1 saturated heterocycles. The van der Waals surface area contributed by atoms with Gasteiger partial charge in [-0.25, -0.2) is 8.42 Å². The summed E-state index contributed by atoms with van der Waals surface area (Å²) in [5.74, 6) is 0.160. The topological polar surface area (TPSA) is 83.6 Å². The van der Waals surface area contributed by atoms with E-state index >= 15 is 0 Å². The SMILES string of the molecule is Cc1cc(C)c(S(=O)(=O)N2CCC(C)C2CO)c(C)c1N. The first kappa shape index (κ1) is 16.3. The number of nitrogen functional groups attached to an aromatic ring is 1. The minimum Gasteiger partial charge on any atom is -0.398 e. The third kappa shape index (κ3) is 2.56. The maximum Gasteiger partial charge on any atom is 0.244 e. The number of hydrogen-bond acceptors (Lipinski definition) is 4. The van der Waals surface area contributed by atoms with Gasteiger partial charge in [-0.2, -0.15) is 4.31 Å². The fourth-order valence-corrected chi connectivity index (χ4v) is 5.41. The summed E-state index contributed by atoms with van der Waals surface area (Å²) >= 11 is 0. The molecule has 1 aromatic carbocycles. The number of hydrogen-bond donors (Lipinski definition) is 2. The second-order valence-electron chi connectivity index (χ2n) is 6.01. The molecule has 6 heteroatoms. The van der Waals surface area contributed by atoms with Gasteiger partial charge in [0.05, 0.1) is 17.5 Å². The lowest BCUT2D eigenvalue weighted by Gasteiger charge is -2.26. The lowest BCUT2D eigenvalue weighted by atomic mass is 10.0.